The van der Waals surface area contributed by atoms with E-state index in [1.54, 1.807) is 13.0 Å². The van der Waals surface area contributed by atoms with Gasteiger partial charge in [0.05, 0.1) is 17.0 Å². The number of hydrogen-bond donors (Lipinski definition) is 1. The highest BCUT2D eigenvalue weighted by Crippen LogP contribution is 2.41. The fourth-order valence-electron chi connectivity index (χ4n) is 4.09. The maximum Gasteiger partial charge on any atom is 0.307 e. The van der Waals surface area contributed by atoms with Crippen molar-refractivity contribution >= 4 is 33.0 Å². The van der Waals surface area contributed by atoms with Crippen LogP contribution in [-0.4, -0.2) is 37.2 Å². The van der Waals surface area contributed by atoms with Gasteiger partial charge in [-0.3, -0.25) is 9.79 Å². The molecule has 0 unspecified atom stereocenters. The summed E-state index contributed by atoms with van der Waals surface area (Å²) in [6, 6.07) is 10.9. The van der Waals surface area contributed by atoms with Gasteiger partial charge in [-0.1, -0.05) is 19.1 Å². The molecule has 4 rings (SSSR count). The number of pyridine rings is 1. The molecule has 0 bridgehead atoms. The third-order valence-electron chi connectivity index (χ3n) is 5.93. The van der Waals surface area contributed by atoms with Gasteiger partial charge in [-0.25, -0.2) is 17.8 Å². The van der Waals surface area contributed by atoms with Crippen molar-refractivity contribution in [2.75, 3.05) is 11.9 Å². The van der Waals surface area contributed by atoms with E-state index in [2.05, 4.69) is 16.9 Å². The van der Waals surface area contributed by atoms with Crippen LogP contribution in [0.3, 0.4) is 0 Å². The molecular weight excluding hydrogens is 457 g/mol. The molecule has 1 aromatic carbocycles. The number of sulfone groups is 1. The summed E-state index contributed by atoms with van der Waals surface area (Å²) in [7, 11) is -2.50. The van der Waals surface area contributed by atoms with Crippen molar-refractivity contribution in [3.63, 3.8) is 0 Å². The summed E-state index contributed by atoms with van der Waals surface area (Å²) >= 11 is 0. The Morgan fingerprint density at radius 1 is 1.24 bits per heavy atom. The Labute approximate surface area is 197 Å². The first kappa shape index (κ1) is 23.6. The zero-order valence-corrected chi connectivity index (χ0v) is 19.9. The van der Waals surface area contributed by atoms with Crippen molar-refractivity contribution in [1.82, 2.24) is 4.98 Å². The van der Waals surface area contributed by atoms with Crippen LogP contribution in [0.1, 0.15) is 32.3 Å². The average molecular weight is 482 g/mol. The van der Waals surface area contributed by atoms with Crippen molar-refractivity contribution in [2.45, 2.75) is 38.0 Å². The maximum absolute atomic E-state index is 15.0. The second-order valence-electron chi connectivity index (χ2n) is 8.09. The second kappa shape index (κ2) is 8.98. The molecule has 0 radical (unpaired) electrons. The number of aliphatic imine (C=N–C) groups is 1. The van der Waals surface area contributed by atoms with E-state index in [0.717, 1.165) is 23.7 Å². The highest BCUT2D eigenvalue weighted by atomic mass is 32.2. The minimum atomic E-state index is -4.33. The highest BCUT2D eigenvalue weighted by Gasteiger charge is 2.37. The van der Waals surface area contributed by atoms with Gasteiger partial charge in [0.1, 0.15) is 16.5 Å². The summed E-state index contributed by atoms with van der Waals surface area (Å²) in [4.78, 5) is 21.1. The van der Waals surface area contributed by atoms with Gasteiger partial charge in [0, 0.05) is 36.6 Å². The van der Waals surface area contributed by atoms with Gasteiger partial charge in [0.2, 0.25) is 9.84 Å². The van der Waals surface area contributed by atoms with Crippen LogP contribution >= 0.6 is 0 Å². The van der Waals surface area contributed by atoms with Crippen molar-refractivity contribution in [2.24, 2.45) is 4.99 Å². The van der Waals surface area contributed by atoms with Gasteiger partial charge < -0.3 is 10.0 Å². The molecular formula is C25H24FN3O4S. The third kappa shape index (κ3) is 4.19. The standard InChI is InChI=1S/C25H24FN3O4S/c1-4-16-6-5-7-17(12-16)29(3)22-11-8-18(14-27-22)34(32,33)25-20(26)9-10-21-24(25)19(13-23(30)31)15(2)28-21/h5-9,11-12,14H,4,10,13H2,1-3H3,(H,30,31). The first-order chi connectivity index (χ1) is 16.1. The molecule has 0 atom stereocenters. The lowest BCUT2D eigenvalue weighted by Gasteiger charge is -2.20. The SMILES string of the molecule is CCc1cccc(N(C)c2ccc(S(=O)(=O)C3=C4C(=NC(C)=C4CC(=O)O)CC=C3F)cn2)c1. The zero-order valence-electron chi connectivity index (χ0n) is 19.0. The predicted molar refractivity (Wildman–Crippen MR) is 129 cm³/mol. The summed E-state index contributed by atoms with van der Waals surface area (Å²) in [6.45, 7) is 3.66. The Balaban J connectivity index is 1.74. The Kier molecular flexibility index (Phi) is 6.22. The molecule has 9 heteroatoms. The lowest BCUT2D eigenvalue weighted by molar-refractivity contribution is -0.136. The molecule has 0 spiro atoms. The van der Waals surface area contributed by atoms with E-state index in [-0.39, 0.29) is 22.5 Å². The lowest BCUT2D eigenvalue weighted by Crippen LogP contribution is -2.18. The molecule has 34 heavy (non-hydrogen) atoms. The smallest absolute Gasteiger partial charge is 0.307 e. The van der Waals surface area contributed by atoms with Crippen molar-refractivity contribution in [3.05, 3.63) is 81.8 Å². The molecule has 0 fully saturated rings. The van der Waals surface area contributed by atoms with E-state index in [1.165, 1.54) is 12.3 Å². The Morgan fingerprint density at radius 2 is 2.00 bits per heavy atom. The first-order valence-electron chi connectivity index (χ1n) is 10.8. The number of fused-ring (bicyclic) bond motifs is 1. The summed E-state index contributed by atoms with van der Waals surface area (Å²) in [5.74, 6) is -1.54. The number of aliphatic carboxylic acids is 1. The molecule has 0 saturated heterocycles. The summed E-state index contributed by atoms with van der Waals surface area (Å²) in [5.41, 5.74) is 3.06. The fraction of sp³-hybridized carbons (Fsp3) is 0.240. The topological polar surface area (TPSA) is 99.9 Å². The van der Waals surface area contributed by atoms with Crippen molar-refractivity contribution in [1.29, 1.82) is 0 Å². The van der Waals surface area contributed by atoms with E-state index in [0.29, 0.717) is 17.2 Å². The number of anilines is 2. The highest BCUT2D eigenvalue weighted by molar-refractivity contribution is 7.95. The van der Waals surface area contributed by atoms with Gasteiger partial charge in [0.15, 0.2) is 0 Å². The van der Waals surface area contributed by atoms with Crippen LogP contribution in [0, 0.1) is 0 Å². The number of carbonyl (C=O) groups is 1. The molecule has 2 aromatic rings. The maximum atomic E-state index is 15.0. The van der Waals surface area contributed by atoms with Gasteiger partial charge in [0.25, 0.3) is 0 Å². The van der Waals surface area contributed by atoms with Crippen LogP contribution in [0.15, 0.2) is 86.1 Å². The van der Waals surface area contributed by atoms with E-state index in [9.17, 15) is 22.7 Å². The molecule has 1 aliphatic carbocycles. The zero-order chi connectivity index (χ0) is 24.6. The molecule has 7 nitrogen and oxygen atoms in total. The van der Waals surface area contributed by atoms with E-state index in [1.807, 2.05) is 36.2 Å². The molecule has 1 aromatic heterocycles. The van der Waals surface area contributed by atoms with Crippen molar-refractivity contribution < 1.29 is 22.7 Å². The van der Waals surface area contributed by atoms with E-state index < -0.39 is 33.0 Å². The molecule has 0 amide bonds. The number of carboxylic acids is 1. The number of benzene rings is 1. The normalized spacial score (nSPS) is 15.8. The Bertz CT molecular complexity index is 1400. The van der Waals surface area contributed by atoms with Crippen molar-refractivity contribution in [3.8, 4) is 0 Å². The average Bonchev–Trinajstić information content (AvgIpc) is 3.12. The third-order valence-corrected chi connectivity index (χ3v) is 7.72. The van der Waals surface area contributed by atoms with Crippen LogP contribution < -0.4 is 4.90 Å². The number of rotatable bonds is 7. The number of halogens is 1. The molecule has 176 valence electrons. The number of allylic oxidation sites excluding steroid dienone is 4. The van der Waals surface area contributed by atoms with E-state index in [4.69, 9.17) is 0 Å². The van der Waals surface area contributed by atoms with Crippen LogP contribution in [0.2, 0.25) is 0 Å². The summed E-state index contributed by atoms with van der Waals surface area (Å²) < 4.78 is 42.0. The molecule has 2 aliphatic rings. The van der Waals surface area contributed by atoms with E-state index >= 15 is 0 Å². The monoisotopic (exact) mass is 481 g/mol. The molecule has 0 saturated carbocycles. The minimum Gasteiger partial charge on any atom is -0.481 e. The largest absolute Gasteiger partial charge is 0.481 e. The van der Waals surface area contributed by atoms with Crippen LogP contribution in [0.5, 0.6) is 0 Å². The number of aromatic nitrogens is 1. The second-order valence-corrected chi connectivity index (χ2v) is 9.98. The Morgan fingerprint density at radius 3 is 2.65 bits per heavy atom. The summed E-state index contributed by atoms with van der Waals surface area (Å²) in [5, 5.41) is 9.28. The molecule has 2 heterocycles. The molecule has 1 aliphatic heterocycles. The number of hydrogen-bond acceptors (Lipinski definition) is 6. The van der Waals surface area contributed by atoms with Gasteiger partial charge in [-0.15, -0.1) is 0 Å². The Hall–Kier alpha value is -3.59. The van der Waals surface area contributed by atoms with Gasteiger partial charge in [-0.05, 0) is 54.8 Å². The quantitative estimate of drug-likeness (QED) is 0.604. The first-order valence-corrected chi connectivity index (χ1v) is 12.3. The predicted octanol–water partition coefficient (Wildman–Crippen LogP) is 4.90. The van der Waals surface area contributed by atoms with Crippen LogP contribution in [0.25, 0.3) is 0 Å². The summed E-state index contributed by atoms with van der Waals surface area (Å²) in [6.07, 6.45) is 2.88. The molecule has 1 N–H and O–H groups in total. The van der Waals surface area contributed by atoms with Gasteiger partial charge in [-0.2, -0.15) is 0 Å². The fourth-order valence-corrected chi connectivity index (χ4v) is 5.61. The van der Waals surface area contributed by atoms with Crippen LogP contribution in [0.4, 0.5) is 15.9 Å². The minimum absolute atomic E-state index is 0.0532. The number of nitrogens with zero attached hydrogens (tertiary/aromatic N) is 3. The number of aryl methyl sites for hydroxylation is 1. The van der Waals surface area contributed by atoms with Gasteiger partial charge >= 0.3 is 5.97 Å². The lowest BCUT2D eigenvalue weighted by atomic mass is 9.94. The van der Waals surface area contributed by atoms with Crippen LogP contribution in [-0.2, 0) is 21.1 Å². The number of carboxylic acid groups (broad SMARTS) is 1.